The first kappa shape index (κ1) is 24.4. The van der Waals surface area contributed by atoms with E-state index in [4.69, 9.17) is 11.6 Å². The van der Waals surface area contributed by atoms with Crippen LogP contribution in [0.3, 0.4) is 0 Å². The number of hydrogen-bond acceptors (Lipinski definition) is 3. The average molecular weight is 529 g/mol. The van der Waals surface area contributed by atoms with Gasteiger partial charge in [0.15, 0.2) is 0 Å². The SMILES string of the molecule is Cc1c(C(NC=O)c2cc(F)ccc2Cl)c(NC(=O)N2CC3(CCC3)c3ccccc32)cc2ncccc12. The van der Waals surface area contributed by atoms with Crippen LogP contribution in [-0.4, -0.2) is 24.0 Å². The Bertz CT molecular complexity index is 1590. The van der Waals surface area contributed by atoms with E-state index in [0.29, 0.717) is 40.3 Å². The Balaban J connectivity index is 1.47. The minimum atomic E-state index is -0.806. The number of para-hydroxylation sites is 1. The highest BCUT2D eigenvalue weighted by Crippen LogP contribution is 2.52. The molecule has 1 fully saturated rings. The Labute approximate surface area is 224 Å². The molecule has 2 aliphatic rings. The third-order valence-corrected chi connectivity index (χ3v) is 8.38. The van der Waals surface area contributed by atoms with Crippen LogP contribution < -0.4 is 15.5 Å². The largest absolute Gasteiger partial charge is 0.348 e. The van der Waals surface area contributed by atoms with Crippen molar-refractivity contribution in [1.29, 1.82) is 0 Å². The van der Waals surface area contributed by atoms with E-state index in [1.54, 1.807) is 17.2 Å². The summed E-state index contributed by atoms with van der Waals surface area (Å²) in [6.07, 6.45) is 5.51. The summed E-state index contributed by atoms with van der Waals surface area (Å²) in [6.45, 7) is 2.51. The number of halogens is 2. The van der Waals surface area contributed by atoms with Crippen LogP contribution in [0, 0.1) is 12.7 Å². The Hall–Kier alpha value is -3.97. The molecule has 0 radical (unpaired) electrons. The van der Waals surface area contributed by atoms with Crippen molar-refractivity contribution < 1.29 is 14.0 Å². The molecule has 4 aromatic rings. The third-order valence-electron chi connectivity index (χ3n) is 8.03. The summed E-state index contributed by atoms with van der Waals surface area (Å²) in [5, 5.41) is 7.06. The first-order valence-corrected chi connectivity index (χ1v) is 13.0. The first-order chi connectivity index (χ1) is 18.4. The number of hydrogen-bond donors (Lipinski definition) is 2. The molecule has 0 saturated heterocycles. The summed E-state index contributed by atoms with van der Waals surface area (Å²) in [5.74, 6) is -0.479. The van der Waals surface area contributed by atoms with E-state index < -0.39 is 11.9 Å². The molecule has 6 rings (SSSR count). The molecule has 3 amide bonds. The van der Waals surface area contributed by atoms with Gasteiger partial charge in [-0.25, -0.2) is 9.18 Å². The molecule has 1 spiro atoms. The second-order valence-corrected chi connectivity index (χ2v) is 10.5. The molecule has 192 valence electrons. The van der Waals surface area contributed by atoms with Crippen molar-refractivity contribution in [2.24, 2.45) is 0 Å². The second kappa shape index (κ2) is 9.40. The number of nitrogens with zero attached hydrogens (tertiary/aromatic N) is 2. The molecule has 2 heterocycles. The van der Waals surface area contributed by atoms with E-state index in [9.17, 15) is 14.0 Å². The van der Waals surface area contributed by atoms with Gasteiger partial charge in [0.1, 0.15) is 5.82 Å². The number of urea groups is 1. The van der Waals surface area contributed by atoms with Crippen molar-refractivity contribution in [3.63, 3.8) is 0 Å². The fraction of sp³-hybridized carbons (Fsp3) is 0.233. The predicted molar refractivity (Wildman–Crippen MR) is 147 cm³/mol. The number of aromatic nitrogens is 1. The van der Waals surface area contributed by atoms with Crippen LogP contribution in [0.4, 0.5) is 20.6 Å². The van der Waals surface area contributed by atoms with Crippen LogP contribution in [0.15, 0.2) is 66.9 Å². The fourth-order valence-electron chi connectivity index (χ4n) is 6.04. The number of amides is 3. The highest BCUT2D eigenvalue weighted by Gasteiger charge is 2.48. The van der Waals surface area contributed by atoms with Gasteiger partial charge >= 0.3 is 6.03 Å². The lowest BCUT2D eigenvalue weighted by molar-refractivity contribution is -0.110. The molecule has 38 heavy (non-hydrogen) atoms. The molecular formula is C30H26ClFN4O2. The minimum Gasteiger partial charge on any atom is -0.348 e. The summed E-state index contributed by atoms with van der Waals surface area (Å²) < 4.78 is 14.3. The van der Waals surface area contributed by atoms with Gasteiger partial charge in [-0.05, 0) is 67.3 Å². The maximum Gasteiger partial charge on any atom is 0.326 e. The van der Waals surface area contributed by atoms with Crippen molar-refractivity contribution in [1.82, 2.24) is 10.3 Å². The normalized spacial score (nSPS) is 16.1. The smallest absolute Gasteiger partial charge is 0.326 e. The van der Waals surface area contributed by atoms with E-state index in [1.165, 1.54) is 23.8 Å². The van der Waals surface area contributed by atoms with Crippen molar-refractivity contribution in [2.75, 3.05) is 16.8 Å². The van der Waals surface area contributed by atoms with Crippen LogP contribution in [0.1, 0.15) is 47.6 Å². The lowest BCUT2D eigenvalue weighted by Gasteiger charge is -2.39. The van der Waals surface area contributed by atoms with Gasteiger partial charge in [-0.1, -0.05) is 42.3 Å². The summed E-state index contributed by atoms with van der Waals surface area (Å²) in [7, 11) is 0. The van der Waals surface area contributed by atoms with E-state index in [1.807, 2.05) is 37.3 Å². The van der Waals surface area contributed by atoms with Crippen molar-refractivity contribution in [3.8, 4) is 0 Å². The molecule has 3 aromatic carbocycles. The highest BCUT2D eigenvalue weighted by atomic mass is 35.5. The zero-order chi connectivity index (χ0) is 26.4. The van der Waals surface area contributed by atoms with Crippen molar-refractivity contribution in [2.45, 2.75) is 37.6 Å². The molecule has 6 nitrogen and oxygen atoms in total. The number of fused-ring (bicyclic) bond motifs is 3. The lowest BCUT2D eigenvalue weighted by Crippen LogP contribution is -2.43. The predicted octanol–water partition coefficient (Wildman–Crippen LogP) is 6.64. The van der Waals surface area contributed by atoms with Crippen LogP contribution in [0.2, 0.25) is 5.02 Å². The number of pyridine rings is 1. The van der Waals surface area contributed by atoms with Gasteiger partial charge in [0, 0.05) is 45.4 Å². The summed E-state index contributed by atoms with van der Waals surface area (Å²) in [5.41, 5.74) is 5.10. The van der Waals surface area contributed by atoms with Gasteiger partial charge in [0.2, 0.25) is 6.41 Å². The van der Waals surface area contributed by atoms with Crippen LogP contribution in [0.25, 0.3) is 10.9 Å². The molecule has 1 saturated carbocycles. The van der Waals surface area contributed by atoms with Gasteiger partial charge in [-0.3, -0.25) is 14.7 Å². The summed E-state index contributed by atoms with van der Waals surface area (Å²) >= 11 is 6.49. The number of nitrogens with one attached hydrogen (secondary N) is 2. The zero-order valence-electron chi connectivity index (χ0n) is 20.8. The van der Waals surface area contributed by atoms with E-state index in [0.717, 1.165) is 35.9 Å². The summed E-state index contributed by atoms with van der Waals surface area (Å²) in [6, 6.07) is 16.6. The second-order valence-electron chi connectivity index (χ2n) is 10.1. The standard InChI is InChI=1S/C30H26ClFN4O2/c1-18-20-6-4-13-33-24(20)15-25(27(18)28(34-17-37)21-14-19(32)9-10-23(21)31)35-29(38)36-16-30(11-5-12-30)22-7-2-3-8-26(22)36/h2-4,6-10,13-15,17,28H,5,11-12,16H2,1H3,(H,34,37)(H,35,38). The molecular weight excluding hydrogens is 503 g/mol. The number of aryl methyl sites for hydroxylation is 1. The topological polar surface area (TPSA) is 74.3 Å². The van der Waals surface area contributed by atoms with Crippen LogP contribution in [0.5, 0.6) is 0 Å². The molecule has 8 heteroatoms. The molecule has 0 bridgehead atoms. The average Bonchev–Trinajstić information content (AvgIpc) is 3.26. The Morgan fingerprint density at radius 1 is 1.16 bits per heavy atom. The Kier molecular flexibility index (Phi) is 6.03. The molecule has 1 aromatic heterocycles. The fourth-order valence-corrected chi connectivity index (χ4v) is 6.27. The molecule has 1 unspecified atom stereocenters. The third kappa shape index (κ3) is 3.89. The maximum atomic E-state index is 14.3. The van der Waals surface area contributed by atoms with Crippen LogP contribution in [-0.2, 0) is 10.2 Å². The Morgan fingerprint density at radius 2 is 1.97 bits per heavy atom. The van der Waals surface area contributed by atoms with Gasteiger partial charge < -0.3 is 10.6 Å². The van der Waals surface area contributed by atoms with Crippen molar-refractivity contribution >= 4 is 46.3 Å². The van der Waals surface area contributed by atoms with Crippen molar-refractivity contribution in [3.05, 3.63) is 100.0 Å². The molecule has 2 N–H and O–H groups in total. The maximum absolute atomic E-state index is 14.3. The first-order valence-electron chi connectivity index (χ1n) is 12.6. The minimum absolute atomic E-state index is 0.00825. The van der Waals surface area contributed by atoms with E-state index in [-0.39, 0.29) is 11.4 Å². The van der Waals surface area contributed by atoms with E-state index in [2.05, 4.69) is 21.7 Å². The Morgan fingerprint density at radius 3 is 2.74 bits per heavy atom. The number of rotatable bonds is 5. The molecule has 1 aliphatic heterocycles. The summed E-state index contributed by atoms with van der Waals surface area (Å²) in [4.78, 5) is 31.9. The lowest BCUT2D eigenvalue weighted by atomic mass is 9.66. The highest BCUT2D eigenvalue weighted by molar-refractivity contribution is 6.31. The number of carbonyl (C=O) groups excluding carboxylic acids is 2. The molecule has 1 aliphatic carbocycles. The number of benzene rings is 3. The van der Waals surface area contributed by atoms with E-state index >= 15 is 0 Å². The zero-order valence-corrected chi connectivity index (χ0v) is 21.6. The van der Waals surface area contributed by atoms with Gasteiger partial charge in [0.25, 0.3) is 0 Å². The van der Waals surface area contributed by atoms with Gasteiger partial charge in [-0.15, -0.1) is 0 Å². The number of anilines is 2. The van der Waals surface area contributed by atoms with Crippen LogP contribution >= 0.6 is 11.6 Å². The quantitative estimate of drug-likeness (QED) is 0.285. The van der Waals surface area contributed by atoms with Gasteiger partial charge in [0.05, 0.1) is 17.2 Å². The molecule has 1 atom stereocenters. The monoisotopic (exact) mass is 528 g/mol. The number of carbonyl (C=O) groups is 2. The van der Waals surface area contributed by atoms with Gasteiger partial charge in [-0.2, -0.15) is 0 Å².